The summed E-state index contributed by atoms with van der Waals surface area (Å²) in [6, 6.07) is 18.8. The molecule has 3 heterocycles. The maximum Gasteiger partial charge on any atom is 0.247 e. The zero-order valence-electron chi connectivity index (χ0n) is 19.3. The third-order valence-electron chi connectivity index (χ3n) is 6.27. The van der Waals surface area contributed by atoms with Gasteiger partial charge in [0, 0.05) is 42.5 Å². The monoisotopic (exact) mass is 452 g/mol. The number of benzene rings is 2. The van der Waals surface area contributed by atoms with Crippen LogP contribution in [-0.4, -0.2) is 47.1 Å². The molecule has 0 bridgehead atoms. The molecule has 0 unspecified atom stereocenters. The lowest BCUT2D eigenvalue weighted by Gasteiger charge is -2.26. The Morgan fingerprint density at radius 1 is 1.15 bits per heavy atom. The van der Waals surface area contributed by atoms with Crippen molar-refractivity contribution in [1.29, 1.82) is 0 Å². The zero-order chi connectivity index (χ0) is 23.5. The first kappa shape index (κ1) is 22.1. The number of rotatable bonds is 6. The summed E-state index contributed by atoms with van der Waals surface area (Å²) in [5.74, 6) is -0.225. The summed E-state index contributed by atoms with van der Waals surface area (Å²) in [6.45, 7) is 9.93. The number of ether oxygens (including phenoxy) is 1. The van der Waals surface area contributed by atoms with Crippen LogP contribution in [0.25, 0.3) is 33.4 Å². The highest BCUT2D eigenvalue weighted by Crippen LogP contribution is 2.39. The minimum Gasteiger partial charge on any atom is -0.379 e. The molecule has 1 aliphatic heterocycles. The quantitative estimate of drug-likeness (QED) is 0.397. The minimum atomic E-state index is -0.225. The SMILES string of the molecule is C=CC(=O)Nc1cc(-c2c(-c3cccc(CN4CCOCC4)c3)[nH]c3ncccc23)ccc1C. The summed E-state index contributed by atoms with van der Waals surface area (Å²) in [5, 5.41) is 3.97. The highest BCUT2D eigenvalue weighted by molar-refractivity contribution is 6.04. The van der Waals surface area contributed by atoms with Gasteiger partial charge in [0.05, 0.1) is 18.9 Å². The molecular weight excluding hydrogens is 424 g/mol. The van der Waals surface area contributed by atoms with Crippen LogP contribution >= 0.6 is 0 Å². The van der Waals surface area contributed by atoms with E-state index in [0.717, 1.165) is 77.5 Å². The third-order valence-corrected chi connectivity index (χ3v) is 6.27. The summed E-state index contributed by atoms with van der Waals surface area (Å²) < 4.78 is 5.49. The van der Waals surface area contributed by atoms with Crippen molar-refractivity contribution in [2.75, 3.05) is 31.6 Å². The second-order valence-electron chi connectivity index (χ2n) is 8.59. The minimum absolute atomic E-state index is 0.225. The fourth-order valence-corrected chi connectivity index (χ4v) is 4.48. The smallest absolute Gasteiger partial charge is 0.247 e. The van der Waals surface area contributed by atoms with E-state index in [1.165, 1.54) is 11.6 Å². The number of nitrogens with zero attached hydrogens (tertiary/aromatic N) is 2. The van der Waals surface area contributed by atoms with Crippen molar-refractivity contribution in [3.63, 3.8) is 0 Å². The molecule has 4 aromatic rings. The van der Waals surface area contributed by atoms with Crippen LogP contribution in [-0.2, 0) is 16.1 Å². The Bertz CT molecular complexity index is 1350. The second-order valence-corrected chi connectivity index (χ2v) is 8.59. The molecule has 0 atom stereocenters. The molecule has 0 spiro atoms. The van der Waals surface area contributed by atoms with Gasteiger partial charge in [-0.15, -0.1) is 0 Å². The van der Waals surface area contributed by atoms with Crippen LogP contribution in [0.3, 0.4) is 0 Å². The van der Waals surface area contributed by atoms with E-state index in [9.17, 15) is 4.79 Å². The highest BCUT2D eigenvalue weighted by atomic mass is 16.5. The Kier molecular flexibility index (Phi) is 6.25. The number of nitrogens with one attached hydrogen (secondary N) is 2. The largest absolute Gasteiger partial charge is 0.379 e. The lowest BCUT2D eigenvalue weighted by molar-refractivity contribution is -0.111. The van der Waals surface area contributed by atoms with Crippen LogP contribution in [0.5, 0.6) is 0 Å². The van der Waals surface area contributed by atoms with E-state index in [1.807, 2.05) is 25.1 Å². The number of anilines is 1. The molecule has 1 amide bonds. The summed E-state index contributed by atoms with van der Waals surface area (Å²) in [7, 11) is 0. The maximum absolute atomic E-state index is 12.0. The van der Waals surface area contributed by atoms with Crippen molar-refractivity contribution >= 4 is 22.6 Å². The van der Waals surface area contributed by atoms with E-state index in [2.05, 4.69) is 63.2 Å². The van der Waals surface area contributed by atoms with Crippen molar-refractivity contribution in [3.05, 3.63) is 84.6 Å². The average molecular weight is 453 g/mol. The Morgan fingerprint density at radius 3 is 2.82 bits per heavy atom. The molecular formula is C28H28N4O2. The van der Waals surface area contributed by atoms with E-state index in [0.29, 0.717) is 0 Å². The molecule has 2 N–H and O–H groups in total. The van der Waals surface area contributed by atoms with Crippen molar-refractivity contribution in [2.24, 2.45) is 0 Å². The predicted molar refractivity (Wildman–Crippen MR) is 137 cm³/mol. The molecule has 2 aromatic carbocycles. The van der Waals surface area contributed by atoms with Crippen molar-refractivity contribution in [2.45, 2.75) is 13.5 Å². The van der Waals surface area contributed by atoms with Gasteiger partial charge in [0.25, 0.3) is 0 Å². The third kappa shape index (κ3) is 4.51. The predicted octanol–water partition coefficient (Wildman–Crippen LogP) is 5.16. The van der Waals surface area contributed by atoms with Crippen molar-refractivity contribution in [1.82, 2.24) is 14.9 Å². The average Bonchev–Trinajstić information content (AvgIpc) is 3.26. The lowest BCUT2D eigenvalue weighted by atomic mass is 9.96. The van der Waals surface area contributed by atoms with Crippen molar-refractivity contribution in [3.8, 4) is 22.4 Å². The van der Waals surface area contributed by atoms with Crippen LogP contribution in [0.15, 0.2) is 73.4 Å². The summed E-state index contributed by atoms with van der Waals surface area (Å²) in [4.78, 5) is 22.5. The van der Waals surface area contributed by atoms with Gasteiger partial charge in [-0.1, -0.05) is 36.9 Å². The summed E-state index contributed by atoms with van der Waals surface area (Å²) in [5.41, 5.74) is 8.07. The van der Waals surface area contributed by atoms with Gasteiger partial charge in [-0.05, 0) is 59.5 Å². The standard InChI is InChI=1S/C28H28N4O2/c1-3-25(33)30-24-17-21(10-9-19(24)2)26-23-8-5-11-29-28(23)31-27(26)22-7-4-6-20(16-22)18-32-12-14-34-15-13-32/h3-11,16-17H,1,12-15,18H2,2H3,(H,29,31)(H,30,33). The molecule has 1 saturated heterocycles. The van der Waals surface area contributed by atoms with E-state index in [-0.39, 0.29) is 5.91 Å². The maximum atomic E-state index is 12.0. The number of aryl methyl sites for hydroxylation is 1. The van der Waals surface area contributed by atoms with Crippen LogP contribution in [0.4, 0.5) is 5.69 Å². The van der Waals surface area contributed by atoms with Gasteiger partial charge in [-0.3, -0.25) is 9.69 Å². The van der Waals surface area contributed by atoms with Gasteiger partial charge >= 0.3 is 0 Å². The number of carbonyl (C=O) groups excluding carboxylic acids is 1. The number of hydrogen-bond donors (Lipinski definition) is 2. The molecule has 34 heavy (non-hydrogen) atoms. The van der Waals surface area contributed by atoms with Gasteiger partial charge in [0.15, 0.2) is 0 Å². The Morgan fingerprint density at radius 2 is 2.00 bits per heavy atom. The molecule has 172 valence electrons. The molecule has 5 rings (SSSR count). The van der Waals surface area contributed by atoms with Gasteiger partial charge < -0.3 is 15.0 Å². The fourth-order valence-electron chi connectivity index (χ4n) is 4.48. The number of morpholine rings is 1. The topological polar surface area (TPSA) is 70.2 Å². The summed E-state index contributed by atoms with van der Waals surface area (Å²) >= 11 is 0. The normalized spacial score (nSPS) is 14.3. The van der Waals surface area contributed by atoms with E-state index >= 15 is 0 Å². The number of carbonyl (C=O) groups is 1. The number of H-pyrrole nitrogens is 1. The second kappa shape index (κ2) is 9.63. The molecule has 0 saturated carbocycles. The van der Waals surface area contributed by atoms with Gasteiger partial charge in [0.1, 0.15) is 5.65 Å². The van der Waals surface area contributed by atoms with Gasteiger partial charge in [-0.2, -0.15) is 0 Å². The fraction of sp³-hybridized carbons (Fsp3) is 0.214. The Labute approximate surface area is 199 Å². The molecule has 0 aliphatic carbocycles. The van der Waals surface area contributed by atoms with Gasteiger partial charge in [0.2, 0.25) is 5.91 Å². The van der Waals surface area contributed by atoms with Crippen LogP contribution in [0.1, 0.15) is 11.1 Å². The highest BCUT2D eigenvalue weighted by Gasteiger charge is 2.18. The van der Waals surface area contributed by atoms with Crippen LogP contribution < -0.4 is 5.32 Å². The Hall–Kier alpha value is -3.74. The first-order chi connectivity index (χ1) is 16.6. The van der Waals surface area contributed by atoms with E-state index in [1.54, 1.807) is 6.20 Å². The molecule has 6 heteroatoms. The number of amides is 1. The summed E-state index contributed by atoms with van der Waals surface area (Å²) in [6.07, 6.45) is 3.08. The van der Waals surface area contributed by atoms with Gasteiger partial charge in [-0.25, -0.2) is 4.98 Å². The molecule has 6 nitrogen and oxygen atoms in total. The molecule has 1 aliphatic rings. The van der Waals surface area contributed by atoms with Crippen LogP contribution in [0, 0.1) is 6.92 Å². The lowest BCUT2D eigenvalue weighted by Crippen LogP contribution is -2.35. The zero-order valence-corrected chi connectivity index (χ0v) is 19.3. The first-order valence-electron chi connectivity index (χ1n) is 11.5. The molecule has 2 aromatic heterocycles. The number of hydrogen-bond acceptors (Lipinski definition) is 4. The number of fused-ring (bicyclic) bond motifs is 1. The number of pyridine rings is 1. The number of aromatic nitrogens is 2. The van der Waals surface area contributed by atoms with E-state index < -0.39 is 0 Å². The van der Waals surface area contributed by atoms with Crippen LogP contribution in [0.2, 0.25) is 0 Å². The van der Waals surface area contributed by atoms with E-state index in [4.69, 9.17) is 4.74 Å². The molecule has 1 fully saturated rings. The molecule has 0 radical (unpaired) electrons. The van der Waals surface area contributed by atoms with Crippen molar-refractivity contribution < 1.29 is 9.53 Å². The first-order valence-corrected chi connectivity index (χ1v) is 11.5. The Balaban J connectivity index is 1.59. The number of aromatic amines is 1.